The normalized spacial score (nSPS) is 14.3. The van der Waals surface area contributed by atoms with Crippen molar-refractivity contribution >= 4 is 11.7 Å². The lowest BCUT2D eigenvalue weighted by molar-refractivity contribution is 0.0767. The Balaban J connectivity index is 1.57. The van der Waals surface area contributed by atoms with Crippen LogP contribution in [0, 0.1) is 13.8 Å². The fourth-order valence-corrected chi connectivity index (χ4v) is 4.38. The molecule has 5 heteroatoms. The van der Waals surface area contributed by atoms with Crippen molar-refractivity contribution in [2.45, 2.75) is 40.0 Å². The van der Waals surface area contributed by atoms with Gasteiger partial charge >= 0.3 is 0 Å². The van der Waals surface area contributed by atoms with E-state index in [9.17, 15) is 4.79 Å². The van der Waals surface area contributed by atoms with Gasteiger partial charge in [-0.15, -0.1) is 0 Å². The maximum Gasteiger partial charge on any atom is 0.253 e. The summed E-state index contributed by atoms with van der Waals surface area (Å²) in [6.45, 7) is 9.30. The quantitative estimate of drug-likeness (QED) is 0.596. The van der Waals surface area contributed by atoms with Crippen LogP contribution in [-0.4, -0.2) is 47.0 Å². The van der Waals surface area contributed by atoms with Gasteiger partial charge in [0.05, 0.1) is 0 Å². The van der Waals surface area contributed by atoms with Gasteiger partial charge < -0.3 is 9.80 Å². The Morgan fingerprint density at radius 2 is 1.66 bits per heavy atom. The molecule has 0 unspecified atom stereocenters. The number of benzene rings is 2. The number of aryl methyl sites for hydroxylation is 3. The van der Waals surface area contributed by atoms with Crippen molar-refractivity contribution in [3.05, 3.63) is 88.4 Å². The first-order valence-corrected chi connectivity index (χ1v) is 11.6. The monoisotopic (exact) mass is 428 g/mol. The molecule has 4 rings (SSSR count). The second-order valence-electron chi connectivity index (χ2n) is 8.53. The van der Waals surface area contributed by atoms with Gasteiger partial charge in [0.1, 0.15) is 11.6 Å². The minimum absolute atomic E-state index is 0.115. The van der Waals surface area contributed by atoms with E-state index in [0.717, 1.165) is 61.8 Å². The smallest absolute Gasteiger partial charge is 0.253 e. The number of anilines is 1. The van der Waals surface area contributed by atoms with Crippen molar-refractivity contribution in [1.82, 2.24) is 14.9 Å². The molecule has 0 saturated carbocycles. The van der Waals surface area contributed by atoms with Gasteiger partial charge in [-0.1, -0.05) is 55.0 Å². The lowest BCUT2D eigenvalue weighted by atomic mass is 10.0. The fourth-order valence-electron chi connectivity index (χ4n) is 4.38. The van der Waals surface area contributed by atoms with E-state index in [-0.39, 0.29) is 5.91 Å². The first-order chi connectivity index (χ1) is 15.5. The maximum atomic E-state index is 13.1. The molecule has 1 fully saturated rings. The summed E-state index contributed by atoms with van der Waals surface area (Å²) in [4.78, 5) is 27.0. The van der Waals surface area contributed by atoms with Crippen molar-refractivity contribution in [3.8, 4) is 0 Å². The lowest BCUT2D eigenvalue weighted by Crippen LogP contribution is -2.35. The number of rotatable bonds is 5. The molecular weight excluding hydrogens is 396 g/mol. The van der Waals surface area contributed by atoms with Gasteiger partial charge in [0, 0.05) is 49.4 Å². The number of carbonyl (C=O) groups is 1. The topological polar surface area (TPSA) is 49.3 Å². The van der Waals surface area contributed by atoms with Crippen LogP contribution in [0.5, 0.6) is 0 Å². The number of amides is 1. The molecule has 1 aromatic heterocycles. The Labute approximate surface area is 191 Å². The molecule has 0 aliphatic carbocycles. The highest BCUT2D eigenvalue weighted by Crippen LogP contribution is 2.26. The second kappa shape index (κ2) is 9.94. The van der Waals surface area contributed by atoms with E-state index in [4.69, 9.17) is 9.97 Å². The molecule has 0 radical (unpaired) electrons. The SMILES string of the molecule is CCc1nc(C)nc(N2CCCN(C(=O)c3ccc(C)cc3)CC2)c1Cc1ccccc1. The van der Waals surface area contributed by atoms with Gasteiger partial charge in [-0.2, -0.15) is 0 Å². The summed E-state index contributed by atoms with van der Waals surface area (Å²) in [5.74, 6) is 1.96. The average molecular weight is 429 g/mol. The highest BCUT2D eigenvalue weighted by molar-refractivity contribution is 5.94. The zero-order valence-electron chi connectivity index (χ0n) is 19.3. The van der Waals surface area contributed by atoms with Crippen molar-refractivity contribution in [2.24, 2.45) is 0 Å². The van der Waals surface area contributed by atoms with Gasteiger partial charge in [0.2, 0.25) is 0 Å². The Hall–Kier alpha value is -3.21. The molecule has 0 atom stereocenters. The molecule has 0 N–H and O–H groups in total. The number of hydrogen-bond acceptors (Lipinski definition) is 4. The molecule has 1 amide bonds. The molecule has 32 heavy (non-hydrogen) atoms. The molecule has 0 bridgehead atoms. The van der Waals surface area contributed by atoms with E-state index >= 15 is 0 Å². The number of aromatic nitrogens is 2. The number of hydrogen-bond donors (Lipinski definition) is 0. The zero-order valence-corrected chi connectivity index (χ0v) is 19.3. The highest BCUT2D eigenvalue weighted by Gasteiger charge is 2.24. The van der Waals surface area contributed by atoms with E-state index in [2.05, 4.69) is 36.1 Å². The Morgan fingerprint density at radius 1 is 0.906 bits per heavy atom. The summed E-state index contributed by atoms with van der Waals surface area (Å²) >= 11 is 0. The lowest BCUT2D eigenvalue weighted by Gasteiger charge is -2.26. The summed E-state index contributed by atoms with van der Waals surface area (Å²) in [7, 11) is 0. The first kappa shape index (κ1) is 22.0. The largest absolute Gasteiger partial charge is 0.354 e. The summed E-state index contributed by atoms with van der Waals surface area (Å²) in [5, 5.41) is 0. The van der Waals surface area contributed by atoms with Crippen LogP contribution in [0.3, 0.4) is 0 Å². The van der Waals surface area contributed by atoms with Crippen molar-refractivity contribution in [2.75, 3.05) is 31.1 Å². The van der Waals surface area contributed by atoms with Crippen LogP contribution in [-0.2, 0) is 12.8 Å². The van der Waals surface area contributed by atoms with E-state index < -0.39 is 0 Å². The molecule has 166 valence electrons. The van der Waals surface area contributed by atoms with Crippen LogP contribution in [0.4, 0.5) is 5.82 Å². The van der Waals surface area contributed by atoms with Crippen LogP contribution >= 0.6 is 0 Å². The highest BCUT2D eigenvalue weighted by atomic mass is 16.2. The molecule has 1 aliphatic heterocycles. The van der Waals surface area contributed by atoms with E-state index in [0.29, 0.717) is 6.54 Å². The van der Waals surface area contributed by atoms with E-state index in [1.807, 2.05) is 49.1 Å². The molecule has 2 aromatic carbocycles. The van der Waals surface area contributed by atoms with Crippen molar-refractivity contribution in [3.63, 3.8) is 0 Å². The minimum Gasteiger partial charge on any atom is -0.354 e. The summed E-state index contributed by atoms with van der Waals surface area (Å²) in [6.07, 6.45) is 2.62. The molecule has 3 aromatic rings. The summed E-state index contributed by atoms with van der Waals surface area (Å²) < 4.78 is 0. The molecular formula is C27H32N4O. The molecule has 1 saturated heterocycles. The predicted octanol–water partition coefficient (Wildman–Crippen LogP) is 4.60. The minimum atomic E-state index is 0.115. The Bertz CT molecular complexity index is 1060. The van der Waals surface area contributed by atoms with E-state index in [1.165, 1.54) is 16.7 Å². The van der Waals surface area contributed by atoms with E-state index in [1.54, 1.807) is 0 Å². The van der Waals surface area contributed by atoms with Crippen LogP contribution in [0.15, 0.2) is 54.6 Å². The van der Waals surface area contributed by atoms with Crippen molar-refractivity contribution in [1.29, 1.82) is 0 Å². The van der Waals surface area contributed by atoms with Crippen LogP contribution in [0.2, 0.25) is 0 Å². The summed E-state index contributed by atoms with van der Waals surface area (Å²) in [5.41, 5.74) is 5.53. The second-order valence-corrected chi connectivity index (χ2v) is 8.53. The number of nitrogens with zero attached hydrogens (tertiary/aromatic N) is 4. The predicted molar refractivity (Wildman–Crippen MR) is 129 cm³/mol. The van der Waals surface area contributed by atoms with Gasteiger partial charge in [0.25, 0.3) is 5.91 Å². The third-order valence-electron chi connectivity index (χ3n) is 6.12. The van der Waals surface area contributed by atoms with Gasteiger partial charge in [-0.3, -0.25) is 4.79 Å². The Kier molecular flexibility index (Phi) is 6.84. The molecule has 0 spiro atoms. The third-order valence-corrected chi connectivity index (χ3v) is 6.12. The van der Waals surface area contributed by atoms with Crippen LogP contribution in [0.1, 0.15) is 51.9 Å². The molecule has 2 heterocycles. The molecule has 1 aliphatic rings. The third kappa shape index (κ3) is 4.98. The van der Waals surface area contributed by atoms with Crippen LogP contribution < -0.4 is 4.90 Å². The zero-order chi connectivity index (χ0) is 22.5. The van der Waals surface area contributed by atoms with Crippen molar-refractivity contribution < 1.29 is 4.79 Å². The Morgan fingerprint density at radius 3 is 2.38 bits per heavy atom. The van der Waals surface area contributed by atoms with Crippen LogP contribution in [0.25, 0.3) is 0 Å². The fraction of sp³-hybridized carbons (Fsp3) is 0.370. The summed E-state index contributed by atoms with van der Waals surface area (Å²) in [6, 6.07) is 18.4. The van der Waals surface area contributed by atoms with Gasteiger partial charge in [0.15, 0.2) is 0 Å². The first-order valence-electron chi connectivity index (χ1n) is 11.6. The maximum absolute atomic E-state index is 13.1. The molecule has 5 nitrogen and oxygen atoms in total. The number of carbonyl (C=O) groups excluding carboxylic acids is 1. The standard InChI is InChI=1S/C27H32N4O/c1-4-25-24(19-22-9-6-5-7-10-22)26(29-21(3)28-25)30-15-8-16-31(18-17-30)27(32)23-13-11-20(2)12-14-23/h5-7,9-14H,4,8,15-19H2,1-3H3. The van der Waals surface area contributed by atoms with Gasteiger partial charge in [-0.05, 0) is 44.4 Å². The van der Waals surface area contributed by atoms with Gasteiger partial charge in [-0.25, -0.2) is 9.97 Å². The average Bonchev–Trinajstić information content (AvgIpc) is 3.07.